The SMILES string of the molecule is Cn1cc(C#N)cc1-c1nc(C2CSCCO2)no1. The van der Waals surface area contributed by atoms with Gasteiger partial charge in [0.15, 0.2) is 0 Å². The Morgan fingerprint density at radius 3 is 3.16 bits per heavy atom. The van der Waals surface area contributed by atoms with Crippen LogP contribution in [0.25, 0.3) is 11.6 Å². The number of nitrogens with zero attached hydrogens (tertiary/aromatic N) is 4. The van der Waals surface area contributed by atoms with Crippen molar-refractivity contribution in [1.82, 2.24) is 14.7 Å². The Kier molecular flexibility index (Phi) is 3.27. The van der Waals surface area contributed by atoms with Gasteiger partial charge in [0.25, 0.3) is 5.89 Å². The summed E-state index contributed by atoms with van der Waals surface area (Å²) in [6, 6.07) is 3.82. The van der Waals surface area contributed by atoms with E-state index in [0.29, 0.717) is 23.9 Å². The Labute approximate surface area is 114 Å². The summed E-state index contributed by atoms with van der Waals surface area (Å²) in [5, 5.41) is 12.9. The Balaban J connectivity index is 1.88. The number of ether oxygens (including phenoxy) is 1. The van der Waals surface area contributed by atoms with Gasteiger partial charge in [-0.2, -0.15) is 22.0 Å². The summed E-state index contributed by atoms with van der Waals surface area (Å²) in [6.07, 6.45) is 1.62. The predicted molar refractivity (Wildman–Crippen MR) is 69.4 cm³/mol. The minimum absolute atomic E-state index is 0.105. The summed E-state index contributed by atoms with van der Waals surface area (Å²) in [7, 11) is 1.84. The fraction of sp³-hybridized carbons (Fsp3) is 0.417. The van der Waals surface area contributed by atoms with E-state index in [1.54, 1.807) is 16.8 Å². The third kappa shape index (κ3) is 2.37. The van der Waals surface area contributed by atoms with Crippen molar-refractivity contribution in [3.8, 4) is 17.7 Å². The molecule has 0 N–H and O–H groups in total. The summed E-state index contributed by atoms with van der Waals surface area (Å²) in [5.74, 6) is 2.83. The van der Waals surface area contributed by atoms with Gasteiger partial charge in [-0.1, -0.05) is 5.16 Å². The lowest BCUT2D eigenvalue weighted by Crippen LogP contribution is -2.16. The Morgan fingerprint density at radius 2 is 2.47 bits per heavy atom. The molecule has 0 radical (unpaired) electrons. The number of rotatable bonds is 2. The molecule has 6 nitrogen and oxygen atoms in total. The lowest BCUT2D eigenvalue weighted by Gasteiger charge is -2.18. The maximum atomic E-state index is 8.88. The molecule has 3 rings (SSSR count). The molecule has 1 aliphatic rings. The van der Waals surface area contributed by atoms with E-state index >= 15 is 0 Å². The van der Waals surface area contributed by atoms with E-state index in [9.17, 15) is 0 Å². The van der Waals surface area contributed by atoms with Crippen molar-refractivity contribution in [3.05, 3.63) is 23.7 Å². The fourth-order valence-corrected chi connectivity index (χ4v) is 2.78. The standard InChI is InChI=1S/C12H12N4O2S/c1-16-6-8(5-13)4-9(16)12-14-11(15-18-12)10-7-19-3-2-17-10/h4,6,10H,2-3,7H2,1H3. The molecule has 1 unspecified atom stereocenters. The molecule has 19 heavy (non-hydrogen) atoms. The summed E-state index contributed by atoms with van der Waals surface area (Å²) in [5.41, 5.74) is 1.31. The summed E-state index contributed by atoms with van der Waals surface area (Å²) in [6.45, 7) is 0.710. The zero-order chi connectivity index (χ0) is 13.2. The van der Waals surface area contributed by atoms with Crippen LogP contribution in [0, 0.1) is 11.3 Å². The van der Waals surface area contributed by atoms with Crippen molar-refractivity contribution in [2.24, 2.45) is 7.05 Å². The molecule has 98 valence electrons. The van der Waals surface area contributed by atoms with Crippen LogP contribution in [-0.2, 0) is 11.8 Å². The van der Waals surface area contributed by atoms with E-state index in [0.717, 1.165) is 17.2 Å². The lowest BCUT2D eigenvalue weighted by atomic mass is 10.3. The van der Waals surface area contributed by atoms with E-state index in [2.05, 4.69) is 16.2 Å². The molecule has 1 atom stereocenters. The highest BCUT2D eigenvalue weighted by Crippen LogP contribution is 2.27. The molecule has 1 saturated heterocycles. The maximum Gasteiger partial charge on any atom is 0.274 e. The first-order valence-corrected chi connectivity index (χ1v) is 7.03. The highest BCUT2D eigenvalue weighted by Gasteiger charge is 2.23. The number of hydrogen-bond acceptors (Lipinski definition) is 6. The van der Waals surface area contributed by atoms with Crippen molar-refractivity contribution in [3.63, 3.8) is 0 Å². The van der Waals surface area contributed by atoms with Crippen molar-refractivity contribution in [2.75, 3.05) is 18.1 Å². The minimum Gasteiger partial charge on any atom is -0.368 e. The van der Waals surface area contributed by atoms with Crippen molar-refractivity contribution in [1.29, 1.82) is 5.26 Å². The first-order chi connectivity index (χ1) is 9.28. The van der Waals surface area contributed by atoms with Crippen molar-refractivity contribution < 1.29 is 9.26 Å². The third-order valence-corrected chi connectivity index (χ3v) is 3.89. The van der Waals surface area contributed by atoms with Crippen LogP contribution in [0.4, 0.5) is 0 Å². The van der Waals surface area contributed by atoms with Gasteiger partial charge in [-0.15, -0.1) is 0 Å². The van der Waals surface area contributed by atoms with E-state index in [1.165, 1.54) is 0 Å². The van der Waals surface area contributed by atoms with Gasteiger partial charge in [-0.25, -0.2) is 0 Å². The van der Waals surface area contributed by atoms with Crippen molar-refractivity contribution >= 4 is 11.8 Å². The third-order valence-electron chi connectivity index (χ3n) is 2.90. The van der Waals surface area contributed by atoms with Crippen LogP contribution in [-0.4, -0.2) is 32.8 Å². The van der Waals surface area contributed by atoms with Gasteiger partial charge in [0, 0.05) is 24.8 Å². The first kappa shape index (κ1) is 12.3. The second kappa shape index (κ2) is 5.07. The molecule has 2 aromatic rings. The summed E-state index contributed by atoms with van der Waals surface area (Å²) < 4.78 is 12.7. The molecule has 2 aromatic heterocycles. The Morgan fingerprint density at radius 1 is 1.58 bits per heavy atom. The Bertz CT molecular complexity index is 622. The maximum absolute atomic E-state index is 8.88. The number of thioether (sulfide) groups is 1. The second-order valence-electron chi connectivity index (χ2n) is 4.23. The average Bonchev–Trinajstić information content (AvgIpc) is 3.06. The van der Waals surface area contributed by atoms with Crippen LogP contribution in [0.3, 0.4) is 0 Å². The molecule has 0 saturated carbocycles. The van der Waals surface area contributed by atoms with Crippen LogP contribution >= 0.6 is 11.8 Å². The summed E-state index contributed by atoms with van der Waals surface area (Å²) >= 11 is 1.82. The predicted octanol–water partition coefficient (Wildman–Crippen LogP) is 1.75. The number of aryl methyl sites for hydroxylation is 1. The smallest absolute Gasteiger partial charge is 0.274 e. The summed E-state index contributed by atoms with van der Waals surface area (Å²) in [4.78, 5) is 4.37. The fourth-order valence-electron chi connectivity index (χ4n) is 1.94. The van der Waals surface area contributed by atoms with Gasteiger partial charge in [-0.3, -0.25) is 0 Å². The number of nitriles is 1. The Hall–Kier alpha value is -1.78. The first-order valence-electron chi connectivity index (χ1n) is 5.87. The molecule has 7 heteroatoms. The van der Waals surface area contributed by atoms with Gasteiger partial charge < -0.3 is 13.8 Å². The minimum atomic E-state index is -0.105. The molecule has 0 spiro atoms. The largest absolute Gasteiger partial charge is 0.368 e. The monoisotopic (exact) mass is 276 g/mol. The van der Waals surface area contributed by atoms with E-state index in [-0.39, 0.29) is 6.10 Å². The van der Waals surface area contributed by atoms with Gasteiger partial charge in [-0.05, 0) is 6.07 Å². The van der Waals surface area contributed by atoms with Crippen LogP contribution in [0.5, 0.6) is 0 Å². The van der Waals surface area contributed by atoms with E-state index in [1.807, 2.05) is 18.8 Å². The lowest BCUT2D eigenvalue weighted by molar-refractivity contribution is 0.0677. The quantitative estimate of drug-likeness (QED) is 0.831. The normalized spacial score (nSPS) is 19.3. The van der Waals surface area contributed by atoms with Gasteiger partial charge in [0.2, 0.25) is 5.82 Å². The zero-order valence-corrected chi connectivity index (χ0v) is 11.2. The van der Waals surface area contributed by atoms with Gasteiger partial charge in [0.1, 0.15) is 17.9 Å². The van der Waals surface area contributed by atoms with Crippen LogP contribution in [0.1, 0.15) is 17.5 Å². The average molecular weight is 276 g/mol. The van der Waals surface area contributed by atoms with Crippen LogP contribution < -0.4 is 0 Å². The van der Waals surface area contributed by atoms with E-state index < -0.39 is 0 Å². The zero-order valence-electron chi connectivity index (χ0n) is 10.4. The molecule has 3 heterocycles. The van der Waals surface area contributed by atoms with Gasteiger partial charge >= 0.3 is 0 Å². The highest BCUT2D eigenvalue weighted by atomic mass is 32.2. The molecule has 0 bridgehead atoms. The molecule has 1 fully saturated rings. The van der Waals surface area contributed by atoms with Crippen LogP contribution in [0.2, 0.25) is 0 Å². The van der Waals surface area contributed by atoms with E-state index in [4.69, 9.17) is 14.5 Å². The molecule has 1 aliphatic heterocycles. The molecule has 0 aromatic carbocycles. The molecule has 0 amide bonds. The number of hydrogen-bond donors (Lipinski definition) is 0. The second-order valence-corrected chi connectivity index (χ2v) is 5.38. The van der Waals surface area contributed by atoms with Crippen molar-refractivity contribution in [2.45, 2.75) is 6.10 Å². The number of aromatic nitrogens is 3. The van der Waals surface area contributed by atoms with Gasteiger partial charge in [0.05, 0.1) is 12.2 Å². The molecular formula is C12H12N4O2S. The topological polar surface area (TPSA) is 76.9 Å². The molecule has 0 aliphatic carbocycles. The highest BCUT2D eigenvalue weighted by molar-refractivity contribution is 7.99. The molecular weight excluding hydrogens is 264 g/mol. The van der Waals surface area contributed by atoms with Crippen LogP contribution in [0.15, 0.2) is 16.8 Å².